The lowest BCUT2D eigenvalue weighted by Gasteiger charge is -1.90. The van der Waals surface area contributed by atoms with Crippen LogP contribution >= 0.6 is 8.81 Å². The van der Waals surface area contributed by atoms with Gasteiger partial charge in [0.2, 0.25) is 0 Å². The maximum Gasteiger partial charge on any atom is 0.267 e. The van der Waals surface area contributed by atoms with Gasteiger partial charge < -0.3 is 0 Å². The summed E-state index contributed by atoms with van der Waals surface area (Å²) in [6, 6.07) is 0. The zero-order chi connectivity index (χ0) is 5.91. The van der Waals surface area contributed by atoms with Crippen molar-refractivity contribution in [3.63, 3.8) is 0 Å². The van der Waals surface area contributed by atoms with E-state index in [9.17, 15) is 8.42 Å². The molecule has 0 saturated carbocycles. The van der Waals surface area contributed by atoms with Crippen LogP contribution in [0.25, 0.3) is 0 Å². The van der Waals surface area contributed by atoms with E-state index in [4.69, 9.17) is 0 Å². The predicted octanol–water partition coefficient (Wildman–Crippen LogP) is 0.186. The van der Waals surface area contributed by atoms with Gasteiger partial charge in [0.25, 0.3) is 10.1 Å². The first-order chi connectivity index (χ1) is 3.06. The molecule has 0 spiro atoms. The van der Waals surface area contributed by atoms with Gasteiger partial charge in [0.15, 0.2) is 0 Å². The van der Waals surface area contributed by atoms with Crippen molar-refractivity contribution in [1.82, 2.24) is 0 Å². The minimum atomic E-state index is -3.16. The van der Waals surface area contributed by atoms with Crippen molar-refractivity contribution in [2.45, 2.75) is 0 Å². The molecule has 0 aliphatic carbocycles. The molecule has 0 aliphatic heterocycles. The van der Waals surface area contributed by atoms with E-state index >= 15 is 0 Å². The third-order valence-electron chi connectivity index (χ3n) is 0.235. The van der Waals surface area contributed by atoms with Crippen LogP contribution in [0.15, 0.2) is 0 Å². The second-order valence-corrected chi connectivity index (χ2v) is 3.47. The highest BCUT2D eigenvalue weighted by Gasteiger charge is 1.94. The molecule has 44 valence electrons. The van der Waals surface area contributed by atoms with Crippen LogP contribution in [0.5, 0.6) is 0 Å². The second-order valence-electron chi connectivity index (χ2n) is 0.992. The van der Waals surface area contributed by atoms with Crippen LogP contribution < -0.4 is 0 Å². The van der Waals surface area contributed by atoms with Crippen molar-refractivity contribution in [3.05, 3.63) is 0 Å². The van der Waals surface area contributed by atoms with Gasteiger partial charge in [-0.25, -0.2) is 0 Å². The molecule has 0 amide bonds. The fourth-order valence-corrected chi connectivity index (χ4v) is 1.36. The van der Waals surface area contributed by atoms with Gasteiger partial charge in [-0.3, -0.25) is 3.97 Å². The molecule has 0 rings (SSSR count). The van der Waals surface area contributed by atoms with E-state index in [0.717, 1.165) is 6.26 Å². The third-order valence-corrected chi connectivity index (χ3v) is 2.11. The Kier molecular flexibility index (Phi) is 2.73. The summed E-state index contributed by atoms with van der Waals surface area (Å²) in [5.74, 6) is 0. The van der Waals surface area contributed by atoms with E-state index in [0.29, 0.717) is 0 Å². The van der Waals surface area contributed by atoms with Gasteiger partial charge in [-0.2, -0.15) is 8.42 Å². The summed E-state index contributed by atoms with van der Waals surface area (Å²) in [5.41, 5.74) is 0. The summed E-state index contributed by atoms with van der Waals surface area (Å²) in [6.07, 6.45) is 1.03. The van der Waals surface area contributed by atoms with Crippen LogP contribution in [0.2, 0.25) is 0 Å². The maximum atomic E-state index is 10.0. The second kappa shape index (κ2) is 2.60. The monoisotopic (exact) mass is 142 g/mol. The molecule has 0 bridgehead atoms. The van der Waals surface area contributed by atoms with E-state index in [1.54, 1.807) is 6.66 Å². The Bertz CT molecular complexity index is 126. The lowest BCUT2D eigenvalue weighted by atomic mass is 12.0. The quantitative estimate of drug-likeness (QED) is 0.517. The largest absolute Gasteiger partial charge is 0.267 e. The first kappa shape index (κ1) is 7.34. The summed E-state index contributed by atoms with van der Waals surface area (Å²) < 4.78 is 24.3. The molecule has 0 radical (unpaired) electrons. The average molecular weight is 142 g/mol. The topological polar surface area (TPSA) is 43.4 Å². The molecule has 0 aliphatic rings. The SMILES string of the molecule is CPOS(C)(=O)=O. The van der Waals surface area contributed by atoms with Crippen LogP contribution in [0.3, 0.4) is 0 Å². The molecule has 0 aromatic carbocycles. The van der Waals surface area contributed by atoms with Crippen LogP contribution in [-0.2, 0) is 14.1 Å². The van der Waals surface area contributed by atoms with Crippen LogP contribution in [0.1, 0.15) is 0 Å². The summed E-state index contributed by atoms with van der Waals surface area (Å²) in [4.78, 5) is 0. The first-order valence-electron chi connectivity index (χ1n) is 1.61. The Hall–Kier alpha value is 0.340. The molecule has 0 heterocycles. The highest BCUT2D eigenvalue weighted by molar-refractivity contribution is 7.88. The number of hydrogen-bond acceptors (Lipinski definition) is 3. The van der Waals surface area contributed by atoms with Gasteiger partial charge >= 0.3 is 0 Å². The molecule has 0 N–H and O–H groups in total. The minimum absolute atomic E-state index is 0.0212. The van der Waals surface area contributed by atoms with Crippen molar-refractivity contribution < 1.29 is 12.4 Å². The number of rotatable bonds is 2. The zero-order valence-corrected chi connectivity index (χ0v) is 5.95. The molecule has 5 heteroatoms. The highest BCUT2D eigenvalue weighted by Crippen LogP contribution is 2.07. The summed E-state index contributed by atoms with van der Waals surface area (Å²) in [6.45, 7) is 1.65. The summed E-state index contributed by atoms with van der Waals surface area (Å²) >= 11 is 0. The Balaban J connectivity index is 3.60. The molecule has 1 unspecified atom stereocenters. The zero-order valence-electron chi connectivity index (χ0n) is 4.13. The van der Waals surface area contributed by atoms with Gasteiger partial charge in [0.1, 0.15) is 0 Å². The predicted molar refractivity (Wildman–Crippen MR) is 30.2 cm³/mol. The Morgan fingerprint density at radius 3 is 2.00 bits per heavy atom. The molecular weight excluding hydrogens is 135 g/mol. The normalized spacial score (nSPS) is 13.4. The van der Waals surface area contributed by atoms with E-state index < -0.39 is 10.1 Å². The smallest absolute Gasteiger partial charge is 0.252 e. The van der Waals surface area contributed by atoms with Crippen LogP contribution in [-0.4, -0.2) is 21.3 Å². The van der Waals surface area contributed by atoms with E-state index in [-0.39, 0.29) is 8.81 Å². The Morgan fingerprint density at radius 2 is 2.00 bits per heavy atom. The van der Waals surface area contributed by atoms with Gasteiger partial charge in [0, 0.05) is 8.81 Å². The van der Waals surface area contributed by atoms with E-state index in [1.807, 2.05) is 0 Å². The van der Waals surface area contributed by atoms with Gasteiger partial charge in [0.05, 0.1) is 6.26 Å². The minimum Gasteiger partial charge on any atom is -0.252 e. The third kappa shape index (κ3) is 6.34. The van der Waals surface area contributed by atoms with E-state index in [1.165, 1.54) is 0 Å². The maximum absolute atomic E-state index is 10.0. The van der Waals surface area contributed by atoms with Crippen LogP contribution in [0.4, 0.5) is 0 Å². The average Bonchev–Trinajstić information content (AvgIpc) is 1.30. The standard InChI is InChI=1S/C2H7O3PS/c1-6-5-7(2,3)4/h6H,1-2H3. The molecule has 0 aromatic rings. The van der Waals surface area contributed by atoms with E-state index in [2.05, 4.69) is 3.97 Å². The molecule has 7 heavy (non-hydrogen) atoms. The van der Waals surface area contributed by atoms with Crippen LogP contribution in [0, 0.1) is 0 Å². The van der Waals surface area contributed by atoms with Crippen molar-refractivity contribution in [3.8, 4) is 0 Å². The van der Waals surface area contributed by atoms with Gasteiger partial charge in [-0.1, -0.05) is 0 Å². The first-order valence-corrected chi connectivity index (χ1v) is 4.84. The molecule has 0 saturated heterocycles. The fourth-order valence-electron chi connectivity index (χ4n) is 0.151. The number of hydrogen-bond donors (Lipinski definition) is 0. The summed E-state index contributed by atoms with van der Waals surface area (Å²) in [5, 5.41) is 0. The highest BCUT2D eigenvalue weighted by atomic mass is 32.2. The fraction of sp³-hybridized carbons (Fsp3) is 1.00. The summed E-state index contributed by atoms with van der Waals surface area (Å²) in [7, 11) is -3.14. The lowest BCUT2D eigenvalue weighted by Crippen LogP contribution is -1.92. The van der Waals surface area contributed by atoms with Crippen molar-refractivity contribution in [2.24, 2.45) is 0 Å². The Morgan fingerprint density at radius 1 is 1.57 bits per heavy atom. The van der Waals surface area contributed by atoms with Crippen molar-refractivity contribution in [1.29, 1.82) is 0 Å². The molecule has 1 atom stereocenters. The molecule has 0 fully saturated rings. The lowest BCUT2D eigenvalue weighted by molar-refractivity contribution is 0.522. The van der Waals surface area contributed by atoms with Crippen molar-refractivity contribution >= 4 is 18.9 Å². The molecular formula is C2H7O3PS. The van der Waals surface area contributed by atoms with Crippen molar-refractivity contribution in [2.75, 3.05) is 12.9 Å². The van der Waals surface area contributed by atoms with Gasteiger partial charge in [-0.05, 0) is 6.66 Å². The van der Waals surface area contributed by atoms with Gasteiger partial charge in [-0.15, -0.1) is 0 Å². The molecule has 3 nitrogen and oxygen atoms in total. The molecule has 0 aromatic heterocycles. The Labute approximate surface area is 45.1 Å².